The molecular formula is C19H20O3. The van der Waals surface area contributed by atoms with Gasteiger partial charge in [0.05, 0.1) is 13.0 Å². The van der Waals surface area contributed by atoms with E-state index in [0.29, 0.717) is 6.61 Å². The second-order valence-corrected chi connectivity index (χ2v) is 5.57. The van der Waals surface area contributed by atoms with E-state index in [1.54, 1.807) is 0 Å². The molecule has 0 saturated heterocycles. The van der Waals surface area contributed by atoms with Gasteiger partial charge in [-0.25, -0.2) is 0 Å². The largest absolute Gasteiger partial charge is 0.489 e. The summed E-state index contributed by atoms with van der Waals surface area (Å²) in [5, 5.41) is 0. The van der Waals surface area contributed by atoms with Gasteiger partial charge in [0.2, 0.25) is 0 Å². The fourth-order valence-corrected chi connectivity index (χ4v) is 3.07. The predicted molar refractivity (Wildman–Crippen MR) is 84.9 cm³/mol. The highest BCUT2D eigenvalue weighted by atomic mass is 16.5. The summed E-state index contributed by atoms with van der Waals surface area (Å²) in [6, 6.07) is 16.1. The van der Waals surface area contributed by atoms with Gasteiger partial charge in [0, 0.05) is 0 Å². The summed E-state index contributed by atoms with van der Waals surface area (Å²) < 4.78 is 10.9. The summed E-state index contributed by atoms with van der Waals surface area (Å²) in [5.74, 6) is 0.574. The molecule has 0 fully saturated rings. The Kier molecular flexibility index (Phi) is 4.42. The van der Waals surface area contributed by atoms with Gasteiger partial charge in [0.1, 0.15) is 12.4 Å². The Hall–Kier alpha value is -2.29. The fourth-order valence-electron chi connectivity index (χ4n) is 3.07. The van der Waals surface area contributed by atoms with Gasteiger partial charge >= 0.3 is 5.97 Å². The number of fused-ring (bicyclic) bond motifs is 1. The molecular weight excluding hydrogens is 276 g/mol. The van der Waals surface area contributed by atoms with E-state index in [1.165, 1.54) is 7.11 Å². The van der Waals surface area contributed by atoms with Crippen LogP contribution in [0.25, 0.3) is 0 Å². The van der Waals surface area contributed by atoms with Crippen LogP contribution in [-0.4, -0.2) is 13.1 Å². The lowest BCUT2D eigenvalue weighted by Crippen LogP contribution is -2.20. The highest BCUT2D eigenvalue weighted by Crippen LogP contribution is 2.37. The summed E-state index contributed by atoms with van der Waals surface area (Å²) >= 11 is 0. The van der Waals surface area contributed by atoms with Crippen molar-refractivity contribution in [1.82, 2.24) is 0 Å². The molecule has 0 aliphatic heterocycles. The van der Waals surface area contributed by atoms with Crippen molar-refractivity contribution >= 4 is 5.97 Å². The van der Waals surface area contributed by atoms with E-state index >= 15 is 0 Å². The average molecular weight is 296 g/mol. The number of carbonyl (C=O) groups excluding carboxylic acids is 1. The zero-order chi connectivity index (χ0) is 15.4. The summed E-state index contributed by atoms with van der Waals surface area (Å²) in [7, 11) is 1.45. The van der Waals surface area contributed by atoms with Gasteiger partial charge in [-0.1, -0.05) is 42.5 Å². The molecule has 3 nitrogen and oxygen atoms in total. The topological polar surface area (TPSA) is 35.5 Å². The Balaban J connectivity index is 1.83. The molecule has 1 atom stereocenters. The van der Waals surface area contributed by atoms with E-state index in [9.17, 15) is 4.79 Å². The van der Waals surface area contributed by atoms with Crippen LogP contribution in [0.15, 0.2) is 48.5 Å². The number of rotatable bonds is 4. The van der Waals surface area contributed by atoms with Crippen LogP contribution in [0.5, 0.6) is 5.75 Å². The lowest BCUT2D eigenvalue weighted by Gasteiger charge is -2.25. The lowest BCUT2D eigenvalue weighted by molar-refractivity contribution is -0.142. The van der Waals surface area contributed by atoms with Crippen molar-refractivity contribution < 1.29 is 14.3 Å². The van der Waals surface area contributed by atoms with E-state index in [1.807, 2.05) is 48.5 Å². The molecule has 1 aliphatic carbocycles. The van der Waals surface area contributed by atoms with Gasteiger partial charge in [-0.2, -0.15) is 0 Å². The first-order chi connectivity index (χ1) is 10.8. The molecule has 1 unspecified atom stereocenters. The predicted octanol–water partition coefficient (Wildman–Crippen LogP) is 3.86. The molecule has 3 rings (SSSR count). The second-order valence-electron chi connectivity index (χ2n) is 5.57. The van der Waals surface area contributed by atoms with Gasteiger partial charge < -0.3 is 9.47 Å². The first kappa shape index (κ1) is 14.6. The number of methoxy groups -OCH3 is 1. The zero-order valence-electron chi connectivity index (χ0n) is 12.7. The Labute approximate surface area is 130 Å². The van der Waals surface area contributed by atoms with Gasteiger partial charge in [-0.3, -0.25) is 4.79 Å². The third-order valence-electron chi connectivity index (χ3n) is 4.19. The van der Waals surface area contributed by atoms with Crippen LogP contribution in [0, 0.1) is 0 Å². The minimum absolute atomic E-state index is 0.152. The van der Waals surface area contributed by atoms with Crippen LogP contribution in [0.2, 0.25) is 0 Å². The van der Waals surface area contributed by atoms with Gasteiger partial charge in [-0.05, 0) is 42.0 Å². The molecule has 1 aliphatic rings. The van der Waals surface area contributed by atoms with Crippen LogP contribution in [0.3, 0.4) is 0 Å². The molecule has 0 N–H and O–H groups in total. The van der Waals surface area contributed by atoms with Crippen molar-refractivity contribution in [2.45, 2.75) is 31.8 Å². The highest BCUT2D eigenvalue weighted by Gasteiger charge is 2.28. The maximum absolute atomic E-state index is 12.0. The molecule has 2 aromatic rings. The van der Waals surface area contributed by atoms with Crippen LogP contribution in [0.1, 0.15) is 35.4 Å². The molecule has 0 bridgehead atoms. The number of hydrogen-bond donors (Lipinski definition) is 0. The van der Waals surface area contributed by atoms with Gasteiger partial charge in [0.15, 0.2) is 0 Å². The smallest absolute Gasteiger partial charge is 0.313 e. The molecule has 0 saturated carbocycles. The third kappa shape index (κ3) is 2.98. The van der Waals surface area contributed by atoms with Crippen LogP contribution < -0.4 is 4.74 Å². The van der Waals surface area contributed by atoms with Crippen molar-refractivity contribution in [1.29, 1.82) is 0 Å². The number of benzene rings is 2. The van der Waals surface area contributed by atoms with Gasteiger partial charge in [0.25, 0.3) is 0 Å². The summed E-state index contributed by atoms with van der Waals surface area (Å²) in [4.78, 5) is 12.0. The molecule has 22 heavy (non-hydrogen) atoms. The molecule has 0 heterocycles. The number of esters is 1. The van der Waals surface area contributed by atoms with Crippen molar-refractivity contribution in [2.24, 2.45) is 0 Å². The van der Waals surface area contributed by atoms with E-state index in [2.05, 4.69) is 0 Å². The Morgan fingerprint density at radius 2 is 1.95 bits per heavy atom. The number of ether oxygens (including phenoxy) is 2. The second kappa shape index (κ2) is 6.65. The van der Waals surface area contributed by atoms with E-state index in [-0.39, 0.29) is 11.9 Å². The van der Waals surface area contributed by atoms with Crippen LogP contribution >= 0.6 is 0 Å². The highest BCUT2D eigenvalue weighted by molar-refractivity contribution is 5.79. The summed E-state index contributed by atoms with van der Waals surface area (Å²) in [6.45, 7) is 0.542. The number of carbonyl (C=O) groups is 1. The molecule has 0 radical (unpaired) electrons. The van der Waals surface area contributed by atoms with E-state index in [0.717, 1.165) is 41.7 Å². The standard InChI is InChI=1S/C19H20O3/c1-21-19(20)17-11-5-10-16-15(17)9-6-12-18(16)22-13-14-7-3-2-4-8-14/h2-4,6-9,12,17H,5,10-11,13H2,1H3. The number of hydrogen-bond acceptors (Lipinski definition) is 3. The molecule has 114 valence electrons. The van der Waals surface area contributed by atoms with E-state index in [4.69, 9.17) is 9.47 Å². The molecule has 0 spiro atoms. The van der Waals surface area contributed by atoms with Crippen molar-refractivity contribution in [3.8, 4) is 5.75 Å². The Morgan fingerprint density at radius 1 is 1.14 bits per heavy atom. The first-order valence-electron chi connectivity index (χ1n) is 7.66. The monoisotopic (exact) mass is 296 g/mol. The zero-order valence-corrected chi connectivity index (χ0v) is 12.7. The van der Waals surface area contributed by atoms with E-state index < -0.39 is 0 Å². The van der Waals surface area contributed by atoms with Crippen LogP contribution in [-0.2, 0) is 22.6 Å². The summed E-state index contributed by atoms with van der Waals surface area (Å²) in [5.41, 5.74) is 3.35. The minimum atomic E-state index is -0.158. The lowest BCUT2D eigenvalue weighted by atomic mass is 9.82. The maximum atomic E-state index is 12.0. The van der Waals surface area contributed by atoms with Crippen LogP contribution in [0.4, 0.5) is 0 Å². The quantitative estimate of drug-likeness (QED) is 0.804. The molecule has 0 aromatic heterocycles. The first-order valence-corrected chi connectivity index (χ1v) is 7.66. The molecule has 2 aromatic carbocycles. The van der Waals surface area contributed by atoms with Crippen molar-refractivity contribution in [3.05, 3.63) is 65.2 Å². The summed E-state index contributed by atoms with van der Waals surface area (Å²) in [6.07, 6.45) is 2.79. The molecule has 0 amide bonds. The third-order valence-corrected chi connectivity index (χ3v) is 4.19. The maximum Gasteiger partial charge on any atom is 0.313 e. The SMILES string of the molecule is COC(=O)C1CCCc2c(OCc3ccccc3)cccc21. The fraction of sp³-hybridized carbons (Fsp3) is 0.316. The van der Waals surface area contributed by atoms with Crippen molar-refractivity contribution in [3.63, 3.8) is 0 Å². The van der Waals surface area contributed by atoms with Crippen molar-refractivity contribution in [2.75, 3.05) is 7.11 Å². The average Bonchev–Trinajstić information content (AvgIpc) is 2.59. The van der Waals surface area contributed by atoms with Gasteiger partial charge in [-0.15, -0.1) is 0 Å². The minimum Gasteiger partial charge on any atom is -0.489 e. The Morgan fingerprint density at radius 3 is 2.73 bits per heavy atom. The Bertz CT molecular complexity index is 649. The molecule has 3 heteroatoms. The normalized spacial score (nSPS) is 16.7.